The maximum Gasteiger partial charge on any atom is 0.481 e. The molecule has 0 radical (unpaired) electrons. The van der Waals surface area contributed by atoms with Gasteiger partial charge >= 0.3 is 23.5 Å². The summed E-state index contributed by atoms with van der Waals surface area (Å²) in [6.45, 7) is 8.34. The van der Waals surface area contributed by atoms with Crippen molar-refractivity contribution in [2.24, 2.45) is 57.7 Å². The number of imidazole rings is 1. The third kappa shape index (κ3) is 14.4. The molecule has 28 nitrogen and oxygen atoms in total. The molecular weight excluding hydrogens is 1140 g/mol. The van der Waals surface area contributed by atoms with Crippen LogP contribution >= 0.6 is 35.2 Å². The Labute approximate surface area is 466 Å². The number of nitrogens with zero attached hydrogens (tertiary/aromatic N) is 4. The van der Waals surface area contributed by atoms with Crippen molar-refractivity contribution in [3.8, 4) is 0 Å². The average Bonchev–Trinajstić information content (AvgIpc) is 3.66. The summed E-state index contributed by atoms with van der Waals surface area (Å²) in [6, 6.07) is 0. The topological polar surface area (TPSA) is 441 Å². The van der Waals surface area contributed by atoms with Crippen LogP contribution in [0.25, 0.3) is 11.2 Å². The van der Waals surface area contributed by atoms with Crippen LogP contribution in [0.15, 0.2) is 12.7 Å². The number of hydrogen-bond donors (Lipinski definition) is 12. The van der Waals surface area contributed by atoms with E-state index in [2.05, 4.69) is 55.2 Å². The van der Waals surface area contributed by atoms with Crippen LogP contribution in [-0.4, -0.2) is 162 Å². The first-order valence-corrected chi connectivity index (χ1v) is 32.3. The van der Waals surface area contributed by atoms with Gasteiger partial charge in [0.25, 0.3) is 0 Å². The summed E-state index contributed by atoms with van der Waals surface area (Å²) < 4.78 is 62.7. The van der Waals surface area contributed by atoms with Gasteiger partial charge < -0.3 is 66.2 Å². The zero-order valence-electron chi connectivity index (χ0n) is 45.5. The second kappa shape index (κ2) is 25.4. The summed E-state index contributed by atoms with van der Waals surface area (Å²) in [5, 5.41) is 60.3. The molecule has 0 bridgehead atoms. The lowest BCUT2D eigenvalue weighted by Gasteiger charge is -2.63. The third-order valence-electron chi connectivity index (χ3n) is 17.9. The van der Waals surface area contributed by atoms with E-state index in [1.165, 1.54) is 13.8 Å². The van der Waals surface area contributed by atoms with E-state index in [-0.39, 0.29) is 107 Å². The maximum absolute atomic E-state index is 13.3. The number of ketones is 1. The Morgan fingerprint density at radius 2 is 1.62 bits per heavy atom. The molecule has 0 aromatic carbocycles. The number of thioether (sulfide) groups is 1. The minimum absolute atomic E-state index is 0.0179. The van der Waals surface area contributed by atoms with Gasteiger partial charge in [0.05, 0.1) is 43.8 Å². The fourth-order valence-electron chi connectivity index (χ4n) is 13.5. The monoisotopic (exact) mass is 1210 g/mol. The number of ether oxygens (including phenoxy) is 1. The third-order valence-corrected chi connectivity index (χ3v) is 22.1. The Kier molecular flexibility index (Phi) is 20.5. The van der Waals surface area contributed by atoms with Crippen molar-refractivity contribution in [3.63, 3.8) is 0 Å². The van der Waals surface area contributed by atoms with Gasteiger partial charge in [-0.15, -0.1) is 0 Å². The lowest BCUT2D eigenvalue weighted by Crippen LogP contribution is -2.62. The highest BCUT2D eigenvalue weighted by atomic mass is 32.2. The van der Waals surface area contributed by atoms with Crippen LogP contribution in [0.2, 0.25) is 0 Å². The van der Waals surface area contributed by atoms with Crippen molar-refractivity contribution in [1.29, 1.82) is 0 Å². The molecule has 1 aliphatic heterocycles. The molecule has 3 unspecified atom stereocenters. The highest BCUT2D eigenvalue weighted by Gasteiger charge is 2.66. The van der Waals surface area contributed by atoms with Crippen molar-refractivity contribution < 1.29 is 101 Å². The van der Waals surface area contributed by atoms with E-state index >= 15 is 0 Å². The van der Waals surface area contributed by atoms with Gasteiger partial charge in [0.1, 0.15) is 42.0 Å². The number of phosphoric ester groups is 3. The van der Waals surface area contributed by atoms with Crippen molar-refractivity contribution in [2.75, 3.05) is 37.8 Å². The van der Waals surface area contributed by atoms with E-state index in [1.54, 1.807) is 6.92 Å². The van der Waals surface area contributed by atoms with Crippen LogP contribution in [0.5, 0.6) is 0 Å². The van der Waals surface area contributed by atoms with Crippen molar-refractivity contribution in [2.45, 2.75) is 155 Å². The predicted molar refractivity (Wildman–Crippen MR) is 284 cm³/mol. The number of anilines is 1. The molecule has 19 atom stereocenters. The Hall–Kier alpha value is -2.89. The molecule has 2 aromatic heterocycles. The number of aliphatic hydroxyl groups excluding tert-OH is 5. The molecule has 5 fully saturated rings. The Morgan fingerprint density at radius 3 is 2.33 bits per heavy atom. The summed E-state index contributed by atoms with van der Waals surface area (Å²) in [4.78, 5) is 103. The Bertz CT molecular complexity index is 2720. The first-order valence-electron chi connectivity index (χ1n) is 26.8. The normalized spacial score (nSPS) is 34.2. The molecule has 4 aliphatic carbocycles. The van der Waals surface area contributed by atoms with E-state index < -0.39 is 108 Å². The van der Waals surface area contributed by atoms with E-state index in [1.807, 2.05) is 0 Å². The standard InChI is InChI=1S/C48H78N7O21P3S/c1-24(28-8-9-29-36-30(19-34(59)48(28,29)6)47(5)13-11-27(56)17-26(47)18-32(36)58)7-10-31(57)25(2)45(64)80-16-15-50-35(60)12-14-51-43(63)40(62)46(3,4)21-73-79(70,71)76-78(68,69)72-20-33-39(75-77(65,66)67)38(61)44(74-33)55-23-54-37-41(49)52-22-53-42(37)55/h22-30,32-34,36,38-40,44,56,58-59,61-62H,7-21H2,1-6H3,(H,50,60)(H,51,63)(H,68,69)(H,70,71)(H2,49,52,53)(H2,65,66,67)/t24-,25?,26+,27-,28-,29+,30+,32-,33-,34+,36-,38-,39-,40+,44-,47+,48-/m1/s1. The molecule has 32 heteroatoms. The molecule has 1 saturated heterocycles. The summed E-state index contributed by atoms with van der Waals surface area (Å²) in [5.41, 5.74) is 3.77. The second-order valence-corrected chi connectivity index (χ2v) is 28.8. The highest BCUT2D eigenvalue weighted by molar-refractivity contribution is 8.13. The zero-order chi connectivity index (χ0) is 59.1. The number of Topliss-reactive ketones (excluding diaryl/α,β-unsaturated/α-hetero) is 1. The van der Waals surface area contributed by atoms with Gasteiger partial charge in [0.2, 0.25) is 11.8 Å². The molecule has 7 rings (SSSR count). The molecule has 4 saturated carbocycles. The predicted octanol–water partition coefficient (Wildman–Crippen LogP) is 2.25. The van der Waals surface area contributed by atoms with Crippen LogP contribution < -0.4 is 16.4 Å². The summed E-state index contributed by atoms with van der Waals surface area (Å²) in [6.07, 6.45) is -2.38. The number of nitrogen functional groups attached to an aromatic ring is 1. The van der Waals surface area contributed by atoms with Crippen LogP contribution in [0.4, 0.5) is 5.82 Å². The van der Waals surface area contributed by atoms with Gasteiger partial charge in [-0.1, -0.05) is 46.4 Å². The van der Waals surface area contributed by atoms with Crippen molar-refractivity contribution in [3.05, 3.63) is 12.7 Å². The minimum Gasteiger partial charge on any atom is -0.393 e. The van der Waals surface area contributed by atoms with Gasteiger partial charge in [-0.25, -0.2) is 28.6 Å². The molecule has 13 N–H and O–H groups in total. The number of amides is 2. The molecule has 452 valence electrons. The number of hydrogen-bond acceptors (Lipinski definition) is 22. The number of carbonyl (C=O) groups is 4. The number of aromatic nitrogens is 4. The minimum atomic E-state index is -5.62. The molecule has 2 aromatic rings. The Morgan fingerprint density at radius 1 is 0.925 bits per heavy atom. The van der Waals surface area contributed by atoms with E-state index in [4.69, 9.17) is 19.5 Å². The SMILES string of the molecule is CC(C(=O)CC[C@@H](C)[C@H]1CC[C@H]2[C@H]3[C@H](O)C[C@@H]4C[C@H](O)CC[C@]4(C)[C@H]3C[C@H](O)[C@]12C)C(=O)SCCNC(=O)CCNC(=O)[C@H](O)C(C)(C)COP(=O)(O)OP(=O)(O)OC[C@H]1O[C@@H](n2cnc3c(N)ncnc32)[C@H](O)[C@@H]1OP(=O)(O)O. The largest absolute Gasteiger partial charge is 0.481 e. The number of aliphatic hydroxyl groups is 5. The second-order valence-electron chi connectivity index (χ2n) is 23.5. The fourth-order valence-corrected chi connectivity index (χ4v) is 17.1. The lowest BCUT2D eigenvalue weighted by atomic mass is 9.43. The molecular formula is C48H78N7O21P3S. The first-order chi connectivity index (χ1) is 37.2. The van der Waals surface area contributed by atoms with Crippen LogP contribution in [0.1, 0.15) is 112 Å². The fraction of sp³-hybridized carbons (Fsp3) is 0.812. The van der Waals surface area contributed by atoms with Gasteiger partial charge in [0, 0.05) is 37.1 Å². The van der Waals surface area contributed by atoms with Crippen molar-refractivity contribution in [1.82, 2.24) is 30.2 Å². The molecule has 0 spiro atoms. The number of nitrogens with two attached hydrogens (primary N) is 1. The van der Waals surface area contributed by atoms with Crippen LogP contribution in [0.3, 0.4) is 0 Å². The zero-order valence-corrected chi connectivity index (χ0v) is 49.0. The summed E-state index contributed by atoms with van der Waals surface area (Å²) in [5.74, 6) is -1.63. The van der Waals surface area contributed by atoms with Gasteiger partial charge in [-0.3, -0.25) is 37.3 Å². The smallest absolute Gasteiger partial charge is 0.393 e. The molecule has 5 aliphatic rings. The summed E-state index contributed by atoms with van der Waals surface area (Å²) in [7, 11) is -16.5. The van der Waals surface area contributed by atoms with Gasteiger partial charge in [0.15, 0.2) is 22.8 Å². The number of fused-ring (bicyclic) bond motifs is 6. The summed E-state index contributed by atoms with van der Waals surface area (Å²) >= 11 is 0.908. The Balaban J connectivity index is 0.780. The number of phosphoric acid groups is 3. The van der Waals surface area contributed by atoms with Crippen molar-refractivity contribution >= 4 is 74.9 Å². The van der Waals surface area contributed by atoms with E-state index in [0.717, 1.165) is 54.7 Å². The highest BCUT2D eigenvalue weighted by Crippen LogP contribution is 2.69. The van der Waals surface area contributed by atoms with Gasteiger partial charge in [-0.2, -0.15) is 4.31 Å². The van der Waals surface area contributed by atoms with E-state index in [0.29, 0.717) is 25.7 Å². The maximum atomic E-state index is 13.3. The number of nitrogens with one attached hydrogen (secondary N) is 2. The lowest BCUT2D eigenvalue weighted by molar-refractivity contribution is -0.207. The average molecular weight is 1210 g/mol. The number of rotatable bonds is 25. The number of carbonyl (C=O) groups excluding carboxylic acids is 4. The van der Waals surface area contributed by atoms with Gasteiger partial charge in [-0.05, 0) is 105 Å². The van der Waals surface area contributed by atoms with Crippen LogP contribution in [0, 0.1) is 57.7 Å². The molecule has 3 heterocycles. The van der Waals surface area contributed by atoms with E-state index in [9.17, 15) is 78.0 Å². The first kappa shape index (κ1) is 64.7. The molecule has 80 heavy (non-hydrogen) atoms. The quantitative estimate of drug-likeness (QED) is 0.0385. The molecule has 2 amide bonds. The van der Waals surface area contributed by atoms with Crippen LogP contribution in [-0.2, 0) is 55.5 Å².